The number of alkyl halides is 2. The maximum atomic E-state index is 12.7. The van der Waals surface area contributed by atoms with Gasteiger partial charge in [0.25, 0.3) is 6.43 Å². The van der Waals surface area contributed by atoms with Gasteiger partial charge in [-0.2, -0.15) is 0 Å². The molecule has 2 nitrogen and oxygen atoms in total. The van der Waals surface area contributed by atoms with Crippen LogP contribution < -0.4 is 10.1 Å². The first-order valence-corrected chi connectivity index (χ1v) is 5.37. The number of rotatable bonds is 6. The normalized spacial score (nSPS) is 12.8. The highest BCUT2D eigenvalue weighted by Crippen LogP contribution is 2.23. The highest BCUT2D eigenvalue weighted by Gasteiger charge is 2.20. The Morgan fingerprint density at radius 1 is 1.38 bits per heavy atom. The van der Waals surface area contributed by atoms with E-state index in [2.05, 4.69) is 5.32 Å². The molecule has 4 heteroatoms. The molecule has 0 radical (unpaired) electrons. The smallest absolute Gasteiger partial charge is 0.257 e. The SMILES string of the molecule is CCCOc1cccc(C(NC)C(F)F)c1. The Balaban J connectivity index is 2.79. The van der Waals surface area contributed by atoms with Crippen molar-refractivity contribution in [1.29, 1.82) is 0 Å². The highest BCUT2D eigenvalue weighted by molar-refractivity contribution is 5.30. The maximum Gasteiger partial charge on any atom is 0.257 e. The van der Waals surface area contributed by atoms with E-state index in [0.717, 1.165) is 6.42 Å². The van der Waals surface area contributed by atoms with E-state index >= 15 is 0 Å². The summed E-state index contributed by atoms with van der Waals surface area (Å²) >= 11 is 0. The van der Waals surface area contributed by atoms with E-state index in [1.54, 1.807) is 24.3 Å². The molecule has 1 unspecified atom stereocenters. The summed E-state index contributed by atoms with van der Waals surface area (Å²) in [5.74, 6) is 0.639. The summed E-state index contributed by atoms with van der Waals surface area (Å²) in [5.41, 5.74) is 0.547. The van der Waals surface area contributed by atoms with Crippen LogP contribution >= 0.6 is 0 Å². The predicted molar refractivity (Wildman–Crippen MR) is 60.0 cm³/mol. The second-order valence-electron chi connectivity index (χ2n) is 3.52. The largest absolute Gasteiger partial charge is 0.494 e. The van der Waals surface area contributed by atoms with Gasteiger partial charge < -0.3 is 10.1 Å². The number of nitrogens with one attached hydrogen (secondary N) is 1. The molecule has 1 N–H and O–H groups in total. The second-order valence-corrected chi connectivity index (χ2v) is 3.52. The van der Waals surface area contributed by atoms with Crippen LogP contribution in [0.4, 0.5) is 8.78 Å². The molecule has 0 saturated heterocycles. The molecule has 1 aromatic rings. The number of ether oxygens (including phenoxy) is 1. The number of hydrogen-bond acceptors (Lipinski definition) is 2. The third-order valence-electron chi connectivity index (χ3n) is 2.25. The van der Waals surface area contributed by atoms with E-state index < -0.39 is 12.5 Å². The second kappa shape index (κ2) is 6.43. The fourth-order valence-corrected chi connectivity index (χ4v) is 1.46. The van der Waals surface area contributed by atoms with Crippen LogP contribution in [0, 0.1) is 0 Å². The summed E-state index contributed by atoms with van der Waals surface area (Å²) < 4.78 is 30.7. The number of benzene rings is 1. The topological polar surface area (TPSA) is 21.3 Å². The van der Waals surface area contributed by atoms with Gasteiger partial charge in [-0.1, -0.05) is 19.1 Å². The van der Waals surface area contributed by atoms with E-state index in [1.807, 2.05) is 6.92 Å². The van der Waals surface area contributed by atoms with Crippen molar-refractivity contribution in [3.63, 3.8) is 0 Å². The minimum absolute atomic E-state index is 0.547. The van der Waals surface area contributed by atoms with E-state index in [-0.39, 0.29) is 0 Å². The van der Waals surface area contributed by atoms with Gasteiger partial charge >= 0.3 is 0 Å². The Morgan fingerprint density at radius 3 is 2.69 bits per heavy atom. The fraction of sp³-hybridized carbons (Fsp3) is 0.500. The molecule has 0 fully saturated rings. The summed E-state index contributed by atoms with van der Waals surface area (Å²) in [6.45, 7) is 2.60. The molecular weight excluding hydrogens is 212 g/mol. The Hall–Kier alpha value is -1.16. The van der Waals surface area contributed by atoms with Crippen LogP contribution in [0.15, 0.2) is 24.3 Å². The Kier molecular flexibility index (Phi) is 5.19. The van der Waals surface area contributed by atoms with Crippen LogP contribution in [0.5, 0.6) is 5.75 Å². The first-order chi connectivity index (χ1) is 7.69. The van der Waals surface area contributed by atoms with Crippen molar-refractivity contribution in [1.82, 2.24) is 5.32 Å². The molecule has 1 atom stereocenters. The molecule has 0 aromatic heterocycles. The standard InChI is InChI=1S/C12H17F2NO/c1-3-7-16-10-6-4-5-9(8-10)11(15-2)12(13)14/h4-6,8,11-12,15H,3,7H2,1-2H3. The first-order valence-electron chi connectivity index (χ1n) is 5.37. The average Bonchev–Trinajstić information content (AvgIpc) is 2.27. The average molecular weight is 229 g/mol. The summed E-state index contributed by atoms with van der Waals surface area (Å²) in [7, 11) is 1.52. The van der Waals surface area contributed by atoms with Crippen LogP contribution in [-0.4, -0.2) is 20.1 Å². The van der Waals surface area contributed by atoms with Crippen molar-refractivity contribution in [2.24, 2.45) is 0 Å². The van der Waals surface area contributed by atoms with Gasteiger partial charge in [0.2, 0.25) is 0 Å². The first kappa shape index (κ1) is 12.9. The van der Waals surface area contributed by atoms with E-state index in [4.69, 9.17) is 4.74 Å². The Labute approximate surface area is 94.6 Å². The molecule has 0 amide bonds. The maximum absolute atomic E-state index is 12.7. The van der Waals surface area contributed by atoms with Gasteiger partial charge in [0.1, 0.15) is 5.75 Å². The molecular formula is C12H17F2NO. The minimum Gasteiger partial charge on any atom is -0.494 e. The van der Waals surface area contributed by atoms with Gasteiger partial charge in [-0.05, 0) is 31.2 Å². The molecule has 0 bridgehead atoms. The lowest BCUT2D eigenvalue weighted by Gasteiger charge is -2.16. The quantitative estimate of drug-likeness (QED) is 0.809. The monoisotopic (exact) mass is 229 g/mol. The molecule has 0 aliphatic heterocycles. The molecule has 1 rings (SSSR count). The van der Waals surface area contributed by atoms with Crippen molar-refractivity contribution >= 4 is 0 Å². The molecule has 0 aliphatic rings. The van der Waals surface area contributed by atoms with Crippen LogP contribution in [0.3, 0.4) is 0 Å². The molecule has 16 heavy (non-hydrogen) atoms. The van der Waals surface area contributed by atoms with Gasteiger partial charge in [-0.3, -0.25) is 0 Å². The van der Waals surface area contributed by atoms with Crippen molar-refractivity contribution in [2.45, 2.75) is 25.8 Å². The molecule has 1 aromatic carbocycles. The minimum atomic E-state index is -2.42. The molecule has 0 saturated carbocycles. The van der Waals surface area contributed by atoms with Crippen molar-refractivity contribution in [3.05, 3.63) is 29.8 Å². The lowest BCUT2D eigenvalue weighted by atomic mass is 10.1. The van der Waals surface area contributed by atoms with Gasteiger partial charge in [0.15, 0.2) is 0 Å². The van der Waals surface area contributed by atoms with Gasteiger partial charge in [0, 0.05) is 0 Å². The summed E-state index contributed by atoms with van der Waals surface area (Å²) in [4.78, 5) is 0. The molecule has 90 valence electrons. The Bertz CT molecular complexity index is 318. The number of halogens is 2. The molecule has 0 spiro atoms. The zero-order chi connectivity index (χ0) is 12.0. The van der Waals surface area contributed by atoms with Gasteiger partial charge in [-0.25, -0.2) is 8.78 Å². The lowest BCUT2D eigenvalue weighted by molar-refractivity contribution is 0.102. The molecule has 0 aliphatic carbocycles. The lowest BCUT2D eigenvalue weighted by Crippen LogP contribution is -2.23. The summed E-state index contributed by atoms with van der Waals surface area (Å²) in [5, 5.41) is 2.60. The highest BCUT2D eigenvalue weighted by atomic mass is 19.3. The van der Waals surface area contributed by atoms with Gasteiger partial charge in [0.05, 0.1) is 12.6 Å². The van der Waals surface area contributed by atoms with E-state index in [1.165, 1.54) is 7.05 Å². The third-order valence-corrected chi connectivity index (χ3v) is 2.25. The van der Waals surface area contributed by atoms with Gasteiger partial charge in [-0.15, -0.1) is 0 Å². The van der Waals surface area contributed by atoms with Crippen molar-refractivity contribution < 1.29 is 13.5 Å². The van der Waals surface area contributed by atoms with Crippen molar-refractivity contribution in [3.8, 4) is 5.75 Å². The van der Waals surface area contributed by atoms with Crippen molar-refractivity contribution in [2.75, 3.05) is 13.7 Å². The van der Waals surface area contributed by atoms with Crippen LogP contribution in [0.1, 0.15) is 24.9 Å². The van der Waals surface area contributed by atoms with Crippen LogP contribution in [-0.2, 0) is 0 Å². The van der Waals surface area contributed by atoms with Crippen LogP contribution in [0.25, 0.3) is 0 Å². The Morgan fingerprint density at radius 2 is 2.12 bits per heavy atom. The zero-order valence-electron chi connectivity index (χ0n) is 9.54. The summed E-state index contributed by atoms with van der Waals surface area (Å²) in [6, 6.07) is 5.89. The fourth-order valence-electron chi connectivity index (χ4n) is 1.46. The zero-order valence-corrected chi connectivity index (χ0v) is 9.54. The predicted octanol–water partition coefficient (Wildman–Crippen LogP) is 3.00. The van der Waals surface area contributed by atoms with E-state index in [0.29, 0.717) is 17.9 Å². The van der Waals surface area contributed by atoms with E-state index in [9.17, 15) is 8.78 Å². The molecule has 0 heterocycles. The summed E-state index contributed by atoms with van der Waals surface area (Å²) in [6.07, 6.45) is -1.53. The van der Waals surface area contributed by atoms with Crippen LogP contribution in [0.2, 0.25) is 0 Å². The number of hydrogen-bond donors (Lipinski definition) is 1. The third kappa shape index (κ3) is 3.45.